The summed E-state index contributed by atoms with van der Waals surface area (Å²) in [5, 5.41) is 3.86. The fourth-order valence-corrected chi connectivity index (χ4v) is 9.04. The largest absolute Gasteiger partial charge is 0.240 e. The van der Waals surface area contributed by atoms with Crippen LogP contribution in [0.3, 0.4) is 0 Å². The average molecular weight is 605 g/mol. The summed E-state index contributed by atoms with van der Waals surface area (Å²) in [5.74, 6) is 0. The molecule has 0 amide bonds. The zero-order valence-corrected chi connectivity index (χ0v) is 27.5. The van der Waals surface area contributed by atoms with E-state index in [2.05, 4.69) is 126 Å². The van der Waals surface area contributed by atoms with E-state index in [4.69, 9.17) is 23.2 Å². The third-order valence-electron chi connectivity index (χ3n) is 10.1. The molecule has 1 aliphatic carbocycles. The molecule has 6 aromatic carbocycles. The van der Waals surface area contributed by atoms with Crippen molar-refractivity contribution >= 4 is 80.2 Å². The topological polar surface area (TPSA) is 0 Å². The Labute approximate surface area is 271 Å². The van der Waals surface area contributed by atoms with Gasteiger partial charge >= 0.3 is 0 Å². The second-order valence-corrected chi connectivity index (χ2v) is 13.9. The molecule has 0 bridgehead atoms. The zero-order valence-electron chi connectivity index (χ0n) is 26.0. The number of fused-ring (bicyclic) bond motifs is 5. The molecular formula is C40H32B2Cl2. The quantitative estimate of drug-likeness (QED) is 0.187. The number of benzene rings is 6. The lowest BCUT2D eigenvalue weighted by Crippen LogP contribution is -2.76. The van der Waals surface area contributed by atoms with E-state index in [1.807, 2.05) is 0 Å². The van der Waals surface area contributed by atoms with Gasteiger partial charge in [0.05, 0.1) is 10.0 Å². The third kappa shape index (κ3) is 3.94. The molecule has 44 heavy (non-hydrogen) atoms. The molecule has 1 aliphatic heterocycles. The predicted octanol–water partition coefficient (Wildman–Crippen LogP) is 6.99. The summed E-state index contributed by atoms with van der Waals surface area (Å²) in [5.41, 5.74) is 21.0. The smallest absolute Gasteiger partial charge is 0.0827 e. The molecule has 0 saturated heterocycles. The normalized spacial score (nSPS) is 12.9. The molecule has 0 radical (unpaired) electrons. The lowest BCUT2D eigenvalue weighted by molar-refractivity contribution is 1.35. The van der Waals surface area contributed by atoms with Gasteiger partial charge in [-0.1, -0.05) is 162 Å². The van der Waals surface area contributed by atoms with Gasteiger partial charge in [-0.15, -0.1) is 0 Å². The first-order valence-corrected chi connectivity index (χ1v) is 16.2. The fraction of sp³-hybridized carbons (Fsp3) is 0.150. The van der Waals surface area contributed by atoms with Gasteiger partial charge in [-0.3, -0.25) is 0 Å². The minimum absolute atomic E-state index is 0.0332. The van der Waals surface area contributed by atoms with E-state index >= 15 is 0 Å². The Morgan fingerprint density at radius 3 is 1.18 bits per heavy atom. The van der Waals surface area contributed by atoms with Crippen LogP contribution < -0.4 is 32.8 Å². The number of halogens is 2. The van der Waals surface area contributed by atoms with Crippen molar-refractivity contribution in [1.82, 2.24) is 0 Å². The van der Waals surface area contributed by atoms with E-state index in [0.717, 1.165) is 0 Å². The first kappa shape index (κ1) is 27.8. The second-order valence-electron chi connectivity index (χ2n) is 13.1. The summed E-state index contributed by atoms with van der Waals surface area (Å²) in [6.07, 6.45) is 0. The standard InChI is InChI=1S/C40H32B2Cl2/c1-21-13-23(3)39(24(4)14-21)41-32-17-30-28-11-7-9-27-10-8-12-29(38(27)28)31(30)18-33(32)42(35-20-37(44)36(43)19-34(35)41)40-25(5)15-22(2)16-26(40)6/h7-20H,1-6H3. The molecule has 0 unspecified atom stereocenters. The third-order valence-corrected chi connectivity index (χ3v) is 10.9. The molecule has 0 saturated carbocycles. The second kappa shape index (κ2) is 9.90. The monoisotopic (exact) mass is 604 g/mol. The molecule has 8 rings (SSSR count). The molecule has 2 aliphatic rings. The highest BCUT2D eigenvalue weighted by atomic mass is 35.5. The van der Waals surface area contributed by atoms with Gasteiger partial charge in [0.25, 0.3) is 0 Å². The van der Waals surface area contributed by atoms with Crippen LogP contribution in [0.5, 0.6) is 0 Å². The van der Waals surface area contributed by atoms with Crippen LogP contribution in [0.25, 0.3) is 33.0 Å². The van der Waals surface area contributed by atoms with Crippen LogP contribution in [0, 0.1) is 41.5 Å². The van der Waals surface area contributed by atoms with Crippen LogP contribution in [-0.4, -0.2) is 13.4 Å². The van der Waals surface area contributed by atoms with E-state index < -0.39 is 0 Å². The van der Waals surface area contributed by atoms with Crippen LogP contribution >= 0.6 is 23.2 Å². The SMILES string of the molecule is Cc1cc(C)c(B2c3cc(Cl)c(Cl)cc3B(c3c(C)cc(C)cc3C)c3cc4c(cc32)-c2cccc3cccc-4c23)c(C)c1. The van der Waals surface area contributed by atoms with Crippen LogP contribution in [-0.2, 0) is 0 Å². The maximum Gasteiger partial charge on any atom is 0.240 e. The van der Waals surface area contributed by atoms with E-state index in [9.17, 15) is 0 Å². The Balaban J connectivity index is 1.54. The fourth-order valence-electron chi connectivity index (χ4n) is 8.70. The Morgan fingerprint density at radius 1 is 0.432 bits per heavy atom. The van der Waals surface area contributed by atoms with Crippen LogP contribution in [0.15, 0.2) is 84.9 Å². The van der Waals surface area contributed by atoms with Crippen molar-refractivity contribution in [2.75, 3.05) is 0 Å². The summed E-state index contributed by atoms with van der Waals surface area (Å²) in [7, 11) is 0. The van der Waals surface area contributed by atoms with E-state index in [1.54, 1.807) is 0 Å². The molecule has 4 heteroatoms. The van der Waals surface area contributed by atoms with Gasteiger partial charge in [0.15, 0.2) is 0 Å². The van der Waals surface area contributed by atoms with Gasteiger partial charge in [-0.2, -0.15) is 0 Å². The maximum absolute atomic E-state index is 6.88. The Kier molecular flexibility index (Phi) is 6.26. The molecule has 1 heterocycles. The number of aryl methyl sites for hydroxylation is 6. The summed E-state index contributed by atoms with van der Waals surface area (Å²) in [6, 6.07) is 32.1. The molecule has 0 nitrogen and oxygen atoms in total. The van der Waals surface area contributed by atoms with Crippen molar-refractivity contribution in [2.45, 2.75) is 41.5 Å². The number of hydrogen-bond acceptors (Lipinski definition) is 0. The summed E-state index contributed by atoms with van der Waals surface area (Å²) < 4.78 is 0. The summed E-state index contributed by atoms with van der Waals surface area (Å²) in [4.78, 5) is 0. The van der Waals surface area contributed by atoms with Crippen LogP contribution in [0.4, 0.5) is 0 Å². The van der Waals surface area contributed by atoms with E-state index in [-0.39, 0.29) is 13.4 Å². The molecule has 0 spiro atoms. The Morgan fingerprint density at radius 2 is 0.795 bits per heavy atom. The average Bonchev–Trinajstić information content (AvgIpc) is 3.27. The van der Waals surface area contributed by atoms with E-state index in [1.165, 1.54) is 99.2 Å². The van der Waals surface area contributed by atoms with Gasteiger partial charge in [0.1, 0.15) is 0 Å². The highest BCUT2D eigenvalue weighted by Crippen LogP contribution is 2.46. The molecule has 0 aromatic heterocycles. The summed E-state index contributed by atoms with van der Waals surface area (Å²) in [6.45, 7) is 13.5. The van der Waals surface area contributed by atoms with Gasteiger partial charge in [-0.25, -0.2) is 0 Å². The Bertz CT molecular complexity index is 2030. The first-order chi connectivity index (χ1) is 21.1. The molecule has 0 atom stereocenters. The van der Waals surface area contributed by atoms with Crippen LogP contribution in [0.2, 0.25) is 10.0 Å². The van der Waals surface area contributed by atoms with Crippen molar-refractivity contribution in [3.8, 4) is 22.3 Å². The van der Waals surface area contributed by atoms with Crippen molar-refractivity contribution in [3.05, 3.63) is 128 Å². The van der Waals surface area contributed by atoms with Gasteiger partial charge in [0.2, 0.25) is 13.4 Å². The van der Waals surface area contributed by atoms with Gasteiger partial charge < -0.3 is 0 Å². The number of hydrogen-bond donors (Lipinski definition) is 0. The van der Waals surface area contributed by atoms with Crippen molar-refractivity contribution in [3.63, 3.8) is 0 Å². The van der Waals surface area contributed by atoms with Crippen molar-refractivity contribution in [2.24, 2.45) is 0 Å². The summed E-state index contributed by atoms with van der Waals surface area (Å²) >= 11 is 13.8. The predicted molar refractivity (Wildman–Crippen MR) is 195 cm³/mol. The molecule has 0 N–H and O–H groups in total. The molecule has 6 aromatic rings. The highest BCUT2D eigenvalue weighted by molar-refractivity contribution is 7.11. The first-order valence-electron chi connectivity index (χ1n) is 15.5. The molecule has 212 valence electrons. The number of rotatable bonds is 2. The lowest BCUT2D eigenvalue weighted by atomic mass is 9.20. The van der Waals surface area contributed by atoms with Gasteiger partial charge in [0, 0.05) is 0 Å². The molecular weight excluding hydrogens is 573 g/mol. The minimum atomic E-state index is 0.0332. The zero-order chi connectivity index (χ0) is 30.6. The van der Waals surface area contributed by atoms with Crippen LogP contribution in [0.1, 0.15) is 33.4 Å². The van der Waals surface area contributed by atoms with Crippen molar-refractivity contribution < 1.29 is 0 Å². The van der Waals surface area contributed by atoms with E-state index in [0.29, 0.717) is 10.0 Å². The lowest BCUT2D eigenvalue weighted by Gasteiger charge is -2.35. The maximum atomic E-state index is 6.88. The Hall–Kier alpha value is -3.71. The minimum Gasteiger partial charge on any atom is -0.0827 e. The highest BCUT2D eigenvalue weighted by Gasteiger charge is 2.42. The van der Waals surface area contributed by atoms with Crippen molar-refractivity contribution in [1.29, 1.82) is 0 Å². The van der Waals surface area contributed by atoms with Gasteiger partial charge in [-0.05, 0) is 86.7 Å². The molecule has 0 fully saturated rings.